The van der Waals surface area contributed by atoms with E-state index in [1.807, 2.05) is 20.8 Å². The van der Waals surface area contributed by atoms with Gasteiger partial charge in [0.25, 0.3) is 0 Å². The van der Waals surface area contributed by atoms with Crippen LogP contribution >= 0.6 is 0 Å². The third-order valence-electron chi connectivity index (χ3n) is 7.42. The van der Waals surface area contributed by atoms with Crippen LogP contribution in [0.3, 0.4) is 0 Å². The summed E-state index contributed by atoms with van der Waals surface area (Å²) >= 11 is 0. The highest BCUT2D eigenvalue weighted by Crippen LogP contribution is 2.37. The quantitative estimate of drug-likeness (QED) is 0.155. The number of aromatic nitrogens is 1. The number of hydrogen-bond acceptors (Lipinski definition) is 6. The van der Waals surface area contributed by atoms with E-state index in [4.69, 9.17) is 19.2 Å². The minimum absolute atomic E-state index is 0. The zero-order valence-corrected chi connectivity index (χ0v) is 26.3. The summed E-state index contributed by atoms with van der Waals surface area (Å²) in [5.74, 6) is -0.0546. The number of hydrogen-bond donors (Lipinski definition) is 1. The lowest BCUT2D eigenvalue weighted by Crippen LogP contribution is -3.00. The van der Waals surface area contributed by atoms with Gasteiger partial charge in [-0.1, -0.05) is 71.1 Å². The van der Waals surface area contributed by atoms with Crippen LogP contribution in [0, 0.1) is 6.92 Å². The van der Waals surface area contributed by atoms with E-state index >= 15 is 0 Å². The van der Waals surface area contributed by atoms with Crippen LogP contribution in [0.2, 0.25) is 0 Å². The van der Waals surface area contributed by atoms with Crippen molar-refractivity contribution in [1.82, 2.24) is 4.98 Å². The van der Waals surface area contributed by atoms with Crippen molar-refractivity contribution >= 4 is 5.97 Å². The predicted octanol–water partition coefficient (Wildman–Crippen LogP) is 3.74. The molecule has 0 saturated carbocycles. The number of aliphatic hydroxyl groups is 1. The van der Waals surface area contributed by atoms with Crippen LogP contribution in [0.4, 0.5) is 0 Å². The summed E-state index contributed by atoms with van der Waals surface area (Å²) in [5, 5.41) is 10.1. The first-order valence-electron chi connectivity index (χ1n) is 15.0. The molecule has 1 aromatic rings. The molecular weight excluding hydrogens is 516 g/mol. The van der Waals surface area contributed by atoms with Crippen molar-refractivity contribution in [3.63, 3.8) is 0 Å². The number of carbonyl (C=O) groups excluding carboxylic acids is 1. The largest absolute Gasteiger partial charge is 1.00 e. The summed E-state index contributed by atoms with van der Waals surface area (Å²) in [6, 6.07) is 0. The second kappa shape index (κ2) is 18.1. The number of ether oxygens (including phenoxy) is 3. The van der Waals surface area contributed by atoms with Crippen molar-refractivity contribution in [2.24, 2.45) is 0 Å². The van der Waals surface area contributed by atoms with E-state index in [0.29, 0.717) is 30.7 Å². The van der Waals surface area contributed by atoms with Gasteiger partial charge in [0.05, 0.1) is 46.2 Å². The van der Waals surface area contributed by atoms with Gasteiger partial charge in [-0.3, -0.25) is 4.79 Å². The molecule has 0 amide bonds. The zero-order chi connectivity index (χ0) is 28.0. The van der Waals surface area contributed by atoms with Gasteiger partial charge in [-0.25, -0.2) is 4.98 Å². The first-order chi connectivity index (χ1) is 18.1. The summed E-state index contributed by atoms with van der Waals surface area (Å²) in [4.78, 5) is 16.9. The standard InChI is InChI=1S/C31H55N2O5.ClH/c1-7-8-9-10-11-12-13-14-15-16-17-19-29(35)36-21-18-20-33(5,6)22-28-26(23-34)27-24-37-31(3,4)38-30(27)25(2)32-28;/h34H,7-24H2,1-6H3;1H/q+1;/p-1. The molecule has 0 radical (unpaired) electrons. The van der Waals surface area contributed by atoms with Gasteiger partial charge < -0.3 is 36.2 Å². The number of aliphatic hydroxyl groups excluding tert-OH is 1. The molecule has 0 fully saturated rings. The van der Waals surface area contributed by atoms with Crippen molar-refractivity contribution < 1.29 is 41.0 Å². The predicted molar refractivity (Wildman–Crippen MR) is 152 cm³/mol. The summed E-state index contributed by atoms with van der Waals surface area (Å²) in [6.45, 7) is 10.2. The Hall–Kier alpha value is -1.41. The Morgan fingerprint density at radius 3 is 2.18 bits per heavy atom. The molecule has 0 saturated heterocycles. The number of rotatable bonds is 19. The number of fused-ring (bicyclic) bond motifs is 1. The topological polar surface area (TPSA) is 77.9 Å². The molecule has 2 rings (SSSR count). The molecule has 2 heterocycles. The smallest absolute Gasteiger partial charge is 0.305 e. The first-order valence-corrected chi connectivity index (χ1v) is 15.0. The van der Waals surface area contributed by atoms with Gasteiger partial charge in [0.1, 0.15) is 18.0 Å². The van der Waals surface area contributed by atoms with Gasteiger partial charge in [0.15, 0.2) is 0 Å². The fourth-order valence-electron chi connectivity index (χ4n) is 5.15. The maximum Gasteiger partial charge on any atom is 0.305 e. The Labute approximate surface area is 244 Å². The van der Waals surface area contributed by atoms with E-state index in [9.17, 15) is 9.90 Å². The number of esters is 1. The molecule has 1 aliphatic rings. The third kappa shape index (κ3) is 13.2. The minimum Gasteiger partial charge on any atom is -1.00 e. The number of unbranched alkanes of at least 4 members (excludes halogenated alkanes) is 10. The Morgan fingerprint density at radius 2 is 1.59 bits per heavy atom. The monoisotopic (exact) mass is 570 g/mol. The van der Waals surface area contributed by atoms with Gasteiger partial charge in [-0.2, -0.15) is 0 Å². The first kappa shape index (κ1) is 35.6. The van der Waals surface area contributed by atoms with Crippen LogP contribution in [-0.2, 0) is 34.0 Å². The molecule has 1 aromatic heterocycles. The van der Waals surface area contributed by atoms with Crippen LogP contribution in [-0.4, -0.2) is 53.6 Å². The summed E-state index contributed by atoms with van der Waals surface area (Å²) < 4.78 is 18.0. The van der Waals surface area contributed by atoms with Gasteiger partial charge in [0.2, 0.25) is 5.79 Å². The molecule has 0 unspecified atom stereocenters. The van der Waals surface area contributed by atoms with Gasteiger partial charge in [0, 0.05) is 37.8 Å². The van der Waals surface area contributed by atoms with E-state index in [1.54, 1.807) is 0 Å². The molecule has 0 bridgehead atoms. The molecule has 1 N–H and O–H groups in total. The summed E-state index contributed by atoms with van der Waals surface area (Å²) in [5.41, 5.74) is 3.38. The summed E-state index contributed by atoms with van der Waals surface area (Å²) in [7, 11) is 4.28. The maximum atomic E-state index is 12.1. The lowest BCUT2D eigenvalue weighted by atomic mass is 10.0. The Morgan fingerprint density at radius 1 is 1.00 bits per heavy atom. The SMILES string of the molecule is CCCCCCCCCCCCCC(=O)OCCC[N+](C)(C)Cc1nc(C)c2c(c1CO)COC(C)(C)O2.[Cl-]. The molecule has 0 aromatic carbocycles. The van der Waals surface area contributed by atoms with E-state index in [2.05, 4.69) is 21.0 Å². The fraction of sp³-hybridized carbons (Fsp3) is 0.806. The molecule has 1 aliphatic heterocycles. The molecule has 7 nitrogen and oxygen atoms in total. The average Bonchev–Trinajstić information content (AvgIpc) is 2.85. The molecular formula is C31H55ClN2O5. The van der Waals surface area contributed by atoms with E-state index < -0.39 is 5.79 Å². The minimum atomic E-state index is -0.701. The van der Waals surface area contributed by atoms with E-state index in [0.717, 1.165) is 54.1 Å². The Bertz CT molecular complexity index is 860. The summed E-state index contributed by atoms with van der Waals surface area (Å²) in [6.07, 6.45) is 15.3. The third-order valence-corrected chi connectivity index (χ3v) is 7.42. The van der Waals surface area contributed by atoms with Crippen LogP contribution in [0.25, 0.3) is 0 Å². The molecule has 0 atom stereocenters. The second-order valence-corrected chi connectivity index (χ2v) is 12.1. The van der Waals surface area contributed by atoms with Crippen molar-refractivity contribution in [1.29, 1.82) is 0 Å². The number of halogens is 1. The van der Waals surface area contributed by atoms with Crippen LogP contribution in [0.15, 0.2) is 0 Å². The normalized spacial score (nSPS) is 14.3. The highest BCUT2D eigenvalue weighted by atomic mass is 35.5. The van der Waals surface area contributed by atoms with Gasteiger partial charge in [-0.15, -0.1) is 0 Å². The van der Waals surface area contributed by atoms with Crippen LogP contribution in [0.1, 0.15) is 127 Å². The van der Waals surface area contributed by atoms with Crippen LogP contribution < -0.4 is 17.1 Å². The lowest BCUT2D eigenvalue weighted by Gasteiger charge is -2.35. The Kier molecular flexibility index (Phi) is 16.5. The number of nitrogens with zero attached hydrogens (tertiary/aromatic N) is 2. The van der Waals surface area contributed by atoms with E-state index in [-0.39, 0.29) is 25.0 Å². The molecule has 0 aliphatic carbocycles. The van der Waals surface area contributed by atoms with Crippen molar-refractivity contribution in [2.75, 3.05) is 27.2 Å². The fourth-order valence-corrected chi connectivity index (χ4v) is 5.15. The van der Waals surface area contributed by atoms with Crippen molar-refractivity contribution in [3.05, 3.63) is 22.5 Å². The highest BCUT2D eigenvalue weighted by Gasteiger charge is 2.33. The van der Waals surface area contributed by atoms with Crippen molar-refractivity contribution in [3.8, 4) is 5.75 Å². The van der Waals surface area contributed by atoms with Gasteiger partial charge >= 0.3 is 5.97 Å². The highest BCUT2D eigenvalue weighted by molar-refractivity contribution is 5.69. The molecule has 226 valence electrons. The molecule has 8 heteroatoms. The number of aryl methyl sites for hydroxylation is 1. The lowest BCUT2D eigenvalue weighted by molar-refractivity contribution is -0.904. The average molecular weight is 571 g/mol. The van der Waals surface area contributed by atoms with Gasteiger partial charge in [-0.05, 0) is 13.3 Å². The molecule has 39 heavy (non-hydrogen) atoms. The van der Waals surface area contributed by atoms with Crippen molar-refractivity contribution in [2.45, 2.75) is 137 Å². The number of quaternary nitrogens is 1. The van der Waals surface area contributed by atoms with Crippen LogP contribution in [0.5, 0.6) is 5.75 Å². The van der Waals surface area contributed by atoms with E-state index in [1.165, 1.54) is 57.8 Å². The second-order valence-electron chi connectivity index (χ2n) is 12.1. The molecule has 0 spiro atoms. The number of pyridine rings is 1. The number of carbonyl (C=O) groups is 1. The maximum absolute atomic E-state index is 12.1. The zero-order valence-electron chi connectivity index (χ0n) is 25.6. The Balaban J connectivity index is 0.00000760.